The fourth-order valence-corrected chi connectivity index (χ4v) is 4.51. The Morgan fingerprint density at radius 2 is 1.93 bits per heavy atom. The highest BCUT2D eigenvalue weighted by Gasteiger charge is 2.49. The van der Waals surface area contributed by atoms with Crippen molar-refractivity contribution in [1.82, 2.24) is 15.2 Å². The number of benzene rings is 1. The lowest BCUT2D eigenvalue weighted by molar-refractivity contribution is -0.150. The lowest BCUT2D eigenvalue weighted by Crippen LogP contribution is -2.46. The van der Waals surface area contributed by atoms with E-state index >= 15 is 0 Å². The number of fused-ring (bicyclic) bond motifs is 1. The van der Waals surface area contributed by atoms with E-state index in [1.165, 1.54) is 11.3 Å². The number of anilines is 1. The molecule has 1 aromatic heterocycles. The van der Waals surface area contributed by atoms with E-state index in [1.54, 1.807) is 13.8 Å². The van der Waals surface area contributed by atoms with Crippen LogP contribution in [-0.4, -0.2) is 52.4 Å². The number of imide groups is 1. The van der Waals surface area contributed by atoms with Gasteiger partial charge in [-0.05, 0) is 43.9 Å². The minimum absolute atomic E-state index is 0.407. The molecule has 1 aromatic carbocycles. The van der Waals surface area contributed by atoms with Gasteiger partial charge in [0.15, 0.2) is 11.7 Å². The van der Waals surface area contributed by atoms with Gasteiger partial charge in [-0.15, -0.1) is 0 Å². The molecular weight excluding hydrogens is 408 g/mol. The van der Waals surface area contributed by atoms with E-state index in [-0.39, 0.29) is 0 Å². The molecule has 0 atom stereocenters. The number of rotatable bonds is 7. The topological polar surface area (TPSA) is 118 Å². The van der Waals surface area contributed by atoms with Crippen LogP contribution in [-0.2, 0) is 19.1 Å². The Kier molecular flexibility index (Phi) is 6.06. The van der Waals surface area contributed by atoms with Crippen molar-refractivity contribution >= 4 is 50.5 Å². The van der Waals surface area contributed by atoms with Gasteiger partial charge in [0.25, 0.3) is 11.8 Å². The quantitative estimate of drug-likeness (QED) is 0.513. The van der Waals surface area contributed by atoms with Crippen LogP contribution < -0.4 is 10.6 Å². The predicted molar refractivity (Wildman–Crippen MR) is 112 cm³/mol. The summed E-state index contributed by atoms with van der Waals surface area (Å²) < 4.78 is 5.89. The van der Waals surface area contributed by atoms with E-state index in [4.69, 9.17) is 4.74 Å². The first-order chi connectivity index (χ1) is 14.2. The molecule has 1 aliphatic rings. The van der Waals surface area contributed by atoms with Gasteiger partial charge in [-0.3, -0.25) is 24.6 Å². The number of ether oxygens (including phenoxy) is 1. The van der Waals surface area contributed by atoms with Gasteiger partial charge in [-0.1, -0.05) is 31.3 Å². The molecule has 2 heterocycles. The van der Waals surface area contributed by atoms with Gasteiger partial charge in [-0.25, -0.2) is 9.78 Å². The third kappa shape index (κ3) is 4.13. The van der Waals surface area contributed by atoms with E-state index in [1.807, 2.05) is 26.0 Å². The highest BCUT2D eigenvalue weighted by atomic mass is 32.1. The van der Waals surface area contributed by atoms with Gasteiger partial charge < -0.3 is 10.1 Å². The lowest BCUT2D eigenvalue weighted by Gasteiger charge is -2.22. The smallest absolute Gasteiger partial charge is 0.326 e. The highest BCUT2D eigenvalue weighted by Crippen LogP contribution is 2.29. The number of amides is 4. The molecule has 30 heavy (non-hydrogen) atoms. The Hall–Kier alpha value is -3.01. The number of hydrogen-bond donors (Lipinski definition) is 2. The molecule has 1 fully saturated rings. The van der Waals surface area contributed by atoms with Crippen LogP contribution >= 0.6 is 11.3 Å². The van der Waals surface area contributed by atoms with E-state index in [0.29, 0.717) is 18.0 Å². The van der Waals surface area contributed by atoms with Crippen molar-refractivity contribution in [3.63, 3.8) is 0 Å². The number of esters is 1. The summed E-state index contributed by atoms with van der Waals surface area (Å²) >= 11 is 1.33. The maximum atomic E-state index is 12.5. The van der Waals surface area contributed by atoms with E-state index < -0.39 is 42.5 Å². The Balaban J connectivity index is 1.55. The van der Waals surface area contributed by atoms with Gasteiger partial charge in [0.2, 0.25) is 0 Å². The molecule has 1 aliphatic heterocycles. The summed E-state index contributed by atoms with van der Waals surface area (Å²) in [4.78, 5) is 54.0. The van der Waals surface area contributed by atoms with Crippen molar-refractivity contribution in [3.05, 3.63) is 23.3 Å². The molecule has 0 unspecified atom stereocenters. The first kappa shape index (κ1) is 21.7. The monoisotopic (exact) mass is 432 g/mol. The average molecular weight is 433 g/mol. The second-order valence-electron chi connectivity index (χ2n) is 7.27. The fraction of sp³-hybridized carbons (Fsp3) is 0.450. The largest absolute Gasteiger partial charge is 0.454 e. The van der Waals surface area contributed by atoms with Crippen molar-refractivity contribution < 1.29 is 23.9 Å². The van der Waals surface area contributed by atoms with Crippen LogP contribution in [0.15, 0.2) is 12.1 Å². The third-order valence-electron chi connectivity index (χ3n) is 5.18. The third-order valence-corrected chi connectivity index (χ3v) is 6.10. The molecule has 0 spiro atoms. The Morgan fingerprint density at radius 1 is 1.23 bits per heavy atom. The summed E-state index contributed by atoms with van der Waals surface area (Å²) in [5, 5.41) is 5.65. The van der Waals surface area contributed by atoms with Gasteiger partial charge in [0.1, 0.15) is 12.1 Å². The number of aryl methyl sites for hydroxylation is 2. The minimum atomic E-state index is -0.988. The zero-order valence-electron chi connectivity index (χ0n) is 17.3. The first-order valence-corrected chi connectivity index (χ1v) is 10.5. The second-order valence-corrected chi connectivity index (χ2v) is 8.30. The lowest BCUT2D eigenvalue weighted by atomic mass is 9.93. The van der Waals surface area contributed by atoms with Gasteiger partial charge in [0.05, 0.1) is 10.2 Å². The van der Waals surface area contributed by atoms with Crippen LogP contribution in [0.1, 0.15) is 37.8 Å². The van der Waals surface area contributed by atoms with Crippen LogP contribution in [0, 0.1) is 13.8 Å². The number of urea groups is 1. The molecule has 2 aromatic rings. The van der Waals surface area contributed by atoms with E-state index in [9.17, 15) is 19.2 Å². The Bertz CT molecular complexity index is 1030. The zero-order chi connectivity index (χ0) is 22.1. The minimum Gasteiger partial charge on any atom is -0.454 e. The highest BCUT2D eigenvalue weighted by molar-refractivity contribution is 7.22. The molecule has 160 valence electrons. The standard InChI is InChI=1S/C20H24N4O5S/c1-5-20(6-2)17(27)24(19(28)23-20)9-15(26)29-10-14(25)21-18-22-16-12(4)7-11(3)8-13(16)30-18/h7-8H,5-6,9-10H2,1-4H3,(H,23,28)(H,21,22,25). The van der Waals surface area contributed by atoms with Crippen LogP contribution in [0.4, 0.5) is 9.93 Å². The number of thiazole rings is 1. The van der Waals surface area contributed by atoms with Crippen molar-refractivity contribution in [1.29, 1.82) is 0 Å². The molecule has 4 amide bonds. The summed E-state index contributed by atoms with van der Waals surface area (Å²) in [6.07, 6.45) is 0.840. The number of aromatic nitrogens is 1. The molecule has 9 nitrogen and oxygen atoms in total. The maximum Gasteiger partial charge on any atom is 0.326 e. The molecule has 10 heteroatoms. The van der Waals surface area contributed by atoms with Crippen LogP contribution in [0.5, 0.6) is 0 Å². The fourth-order valence-electron chi connectivity index (χ4n) is 3.45. The summed E-state index contributed by atoms with van der Waals surface area (Å²) in [5.74, 6) is -1.85. The van der Waals surface area contributed by atoms with Gasteiger partial charge in [0, 0.05) is 0 Å². The van der Waals surface area contributed by atoms with Crippen molar-refractivity contribution in [3.8, 4) is 0 Å². The summed E-state index contributed by atoms with van der Waals surface area (Å²) in [7, 11) is 0. The Morgan fingerprint density at radius 3 is 2.57 bits per heavy atom. The molecule has 0 radical (unpaired) electrons. The normalized spacial score (nSPS) is 15.4. The van der Waals surface area contributed by atoms with Crippen LogP contribution in [0.3, 0.4) is 0 Å². The maximum absolute atomic E-state index is 12.5. The van der Waals surface area contributed by atoms with E-state index in [0.717, 1.165) is 26.2 Å². The number of nitrogens with zero attached hydrogens (tertiary/aromatic N) is 2. The van der Waals surface area contributed by atoms with Gasteiger partial charge >= 0.3 is 12.0 Å². The molecule has 0 aliphatic carbocycles. The SMILES string of the molecule is CCC1(CC)NC(=O)N(CC(=O)OCC(=O)Nc2nc3c(C)cc(C)cc3s2)C1=O. The summed E-state index contributed by atoms with van der Waals surface area (Å²) in [6, 6.07) is 3.36. The van der Waals surface area contributed by atoms with E-state index in [2.05, 4.69) is 15.6 Å². The van der Waals surface area contributed by atoms with Crippen molar-refractivity contribution in [2.45, 2.75) is 46.1 Å². The second kappa shape index (κ2) is 8.39. The molecular formula is C20H24N4O5S. The number of hydrogen-bond acceptors (Lipinski definition) is 7. The summed E-state index contributed by atoms with van der Waals surface area (Å²) in [5.41, 5.74) is 1.94. The molecule has 3 rings (SSSR count). The average Bonchev–Trinajstić information content (AvgIpc) is 3.20. The Labute approximate surface area is 177 Å². The van der Waals surface area contributed by atoms with Gasteiger partial charge in [-0.2, -0.15) is 0 Å². The predicted octanol–water partition coefficient (Wildman–Crippen LogP) is 2.51. The molecule has 2 N–H and O–H groups in total. The number of carbonyl (C=O) groups is 4. The first-order valence-electron chi connectivity index (χ1n) is 9.66. The molecule has 1 saturated heterocycles. The molecule has 0 bridgehead atoms. The molecule has 0 saturated carbocycles. The van der Waals surface area contributed by atoms with Crippen molar-refractivity contribution in [2.24, 2.45) is 0 Å². The van der Waals surface area contributed by atoms with Crippen LogP contribution in [0.25, 0.3) is 10.2 Å². The summed E-state index contributed by atoms with van der Waals surface area (Å²) in [6.45, 7) is 6.43. The zero-order valence-corrected chi connectivity index (χ0v) is 18.1. The van der Waals surface area contributed by atoms with Crippen molar-refractivity contribution in [2.75, 3.05) is 18.5 Å². The van der Waals surface area contributed by atoms with Crippen LogP contribution in [0.2, 0.25) is 0 Å². The number of nitrogens with one attached hydrogen (secondary N) is 2. The number of carbonyl (C=O) groups excluding carboxylic acids is 4.